The smallest absolute Gasteiger partial charge is 0.218 e. The zero-order valence-corrected chi connectivity index (χ0v) is 10.4. The summed E-state index contributed by atoms with van der Waals surface area (Å²) in [6.45, 7) is 4.51. The fourth-order valence-electron chi connectivity index (χ4n) is 1.71. The lowest BCUT2D eigenvalue weighted by Crippen LogP contribution is -2.30. The maximum atomic E-state index is 10.7. The van der Waals surface area contributed by atoms with Crippen LogP contribution in [0.3, 0.4) is 0 Å². The first-order valence-corrected chi connectivity index (χ1v) is 5.52. The Hall–Kier alpha value is -1.80. The van der Waals surface area contributed by atoms with Gasteiger partial charge in [-0.05, 0) is 25.5 Å². The summed E-state index contributed by atoms with van der Waals surface area (Å²) in [5.74, 6) is -0.313. The lowest BCUT2D eigenvalue weighted by Gasteiger charge is -2.11. The standard InChI is InChI=1S/C12H18N4O/c1-8(4-12(14)17)15-7-10-5-11(6-13)16(3)9(10)2/h5,8,15H,4,7H2,1-3H3,(H2,14,17). The van der Waals surface area contributed by atoms with Crippen molar-refractivity contribution in [1.29, 1.82) is 5.26 Å². The van der Waals surface area contributed by atoms with Crippen molar-refractivity contribution < 1.29 is 4.79 Å². The Morgan fingerprint density at radius 3 is 2.82 bits per heavy atom. The average Bonchev–Trinajstić information content (AvgIpc) is 2.52. The molecule has 0 saturated carbocycles. The van der Waals surface area contributed by atoms with Crippen LogP contribution in [-0.2, 0) is 18.4 Å². The maximum absolute atomic E-state index is 10.7. The molecule has 1 heterocycles. The molecule has 1 atom stereocenters. The normalized spacial score (nSPS) is 12.1. The topological polar surface area (TPSA) is 83.8 Å². The summed E-state index contributed by atoms with van der Waals surface area (Å²) in [6.07, 6.45) is 0.316. The largest absolute Gasteiger partial charge is 0.370 e. The number of carbonyl (C=O) groups is 1. The van der Waals surface area contributed by atoms with Gasteiger partial charge in [0.05, 0.1) is 0 Å². The highest BCUT2D eigenvalue weighted by Gasteiger charge is 2.10. The van der Waals surface area contributed by atoms with Crippen LogP contribution < -0.4 is 11.1 Å². The molecule has 3 N–H and O–H groups in total. The van der Waals surface area contributed by atoms with Gasteiger partial charge in [-0.3, -0.25) is 4.79 Å². The van der Waals surface area contributed by atoms with E-state index < -0.39 is 0 Å². The molecule has 0 aliphatic carbocycles. The Balaban J connectivity index is 2.64. The number of aromatic nitrogens is 1. The second-order valence-electron chi connectivity index (χ2n) is 4.26. The minimum Gasteiger partial charge on any atom is -0.370 e. The number of carbonyl (C=O) groups excluding carboxylic acids is 1. The molecular formula is C12H18N4O. The summed E-state index contributed by atoms with van der Waals surface area (Å²) in [4.78, 5) is 10.7. The molecule has 0 aromatic carbocycles. The Kier molecular flexibility index (Phi) is 4.30. The molecule has 5 nitrogen and oxygen atoms in total. The molecule has 0 fully saturated rings. The lowest BCUT2D eigenvalue weighted by molar-refractivity contribution is -0.118. The Bertz CT molecular complexity index is 456. The Morgan fingerprint density at radius 1 is 1.71 bits per heavy atom. The van der Waals surface area contributed by atoms with Crippen molar-refractivity contribution in [2.45, 2.75) is 32.9 Å². The summed E-state index contributed by atoms with van der Waals surface area (Å²) in [6, 6.07) is 4.04. The van der Waals surface area contributed by atoms with Crippen molar-refractivity contribution in [2.24, 2.45) is 12.8 Å². The van der Waals surface area contributed by atoms with E-state index in [4.69, 9.17) is 11.0 Å². The van der Waals surface area contributed by atoms with Gasteiger partial charge in [0.25, 0.3) is 0 Å². The molecule has 1 unspecified atom stereocenters. The van der Waals surface area contributed by atoms with Crippen LogP contribution in [0.4, 0.5) is 0 Å². The third kappa shape index (κ3) is 3.33. The van der Waals surface area contributed by atoms with Gasteiger partial charge < -0.3 is 15.6 Å². The van der Waals surface area contributed by atoms with Gasteiger partial charge >= 0.3 is 0 Å². The number of nitriles is 1. The van der Waals surface area contributed by atoms with E-state index in [9.17, 15) is 4.79 Å². The third-order valence-corrected chi connectivity index (χ3v) is 2.90. The van der Waals surface area contributed by atoms with Crippen LogP contribution >= 0.6 is 0 Å². The zero-order valence-electron chi connectivity index (χ0n) is 10.4. The third-order valence-electron chi connectivity index (χ3n) is 2.90. The first kappa shape index (κ1) is 13.3. The predicted molar refractivity (Wildman–Crippen MR) is 65.0 cm³/mol. The molecule has 0 radical (unpaired) electrons. The molecule has 92 valence electrons. The molecule has 1 aromatic heterocycles. The SMILES string of the molecule is Cc1c(CNC(C)CC(N)=O)cc(C#N)n1C. The number of rotatable bonds is 5. The van der Waals surface area contributed by atoms with Crippen molar-refractivity contribution in [1.82, 2.24) is 9.88 Å². The van der Waals surface area contributed by atoms with Gasteiger partial charge in [-0.2, -0.15) is 5.26 Å². The van der Waals surface area contributed by atoms with E-state index in [1.807, 2.05) is 31.5 Å². The Morgan fingerprint density at radius 2 is 2.35 bits per heavy atom. The summed E-state index contributed by atoms with van der Waals surface area (Å²) in [5.41, 5.74) is 7.88. The van der Waals surface area contributed by atoms with Crippen molar-refractivity contribution in [2.75, 3.05) is 0 Å². The number of primary amides is 1. The number of amides is 1. The van der Waals surface area contributed by atoms with Gasteiger partial charge in [0, 0.05) is 31.7 Å². The van der Waals surface area contributed by atoms with Gasteiger partial charge in [0.15, 0.2) is 0 Å². The van der Waals surface area contributed by atoms with E-state index >= 15 is 0 Å². The molecule has 0 aliphatic heterocycles. The molecule has 0 aliphatic rings. The molecule has 0 spiro atoms. The van der Waals surface area contributed by atoms with E-state index in [1.54, 1.807) is 0 Å². The quantitative estimate of drug-likeness (QED) is 0.780. The number of hydrogen-bond acceptors (Lipinski definition) is 3. The summed E-state index contributed by atoms with van der Waals surface area (Å²) in [7, 11) is 1.87. The first-order chi connectivity index (χ1) is 7.95. The highest BCUT2D eigenvalue weighted by atomic mass is 16.1. The zero-order chi connectivity index (χ0) is 13.0. The van der Waals surface area contributed by atoms with Gasteiger partial charge in [-0.1, -0.05) is 0 Å². The molecular weight excluding hydrogens is 216 g/mol. The van der Waals surface area contributed by atoms with Crippen LogP contribution in [0.5, 0.6) is 0 Å². The van der Waals surface area contributed by atoms with Crippen LogP contribution in [-0.4, -0.2) is 16.5 Å². The van der Waals surface area contributed by atoms with Crippen molar-refractivity contribution in [3.63, 3.8) is 0 Å². The Labute approximate surface area is 101 Å². The molecule has 0 bridgehead atoms. The lowest BCUT2D eigenvalue weighted by atomic mass is 10.2. The summed E-state index contributed by atoms with van der Waals surface area (Å²) >= 11 is 0. The second kappa shape index (κ2) is 5.51. The van der Waals surface area contributed by atoms with Crippen molar-refractivity contribution >= 4 is 5.91 Å². The van der Waals surface area contributed by atoms with Gasteiger partial charge in [-0.15, -0.1) is 0 Å². The average molecular weight is 234 g/mol. The number of nitrogens with zero attached hydrogens (tertiary/aromatic N) is 2. The minimum atomic E-state index is -0.313. The van der Waals surface area contributed by atoms with Gasteiger partial charge in [0.1, 0.15) is 11.8 Å². The number of nitrogens with two attached hydrogens (primary N) is 1. The second-order valence-corrected chi connectivity index (χ2v) is 4.26. The molecule has 1 amide bonds. The fraction of sp³-hybridized carbons (Fsp3) is 0.500. The van der Waals surface area contributed by atoms with E-state index in [1.165, 1.54) is 0 Å². The molecule has 0 saturated heterocycles. The first-order valence-electron chi connectivity index (χ1n) is 5.52. The van der Waals surface area contributed by atoms with Gasteiger partial charge in [-0.25, -0.2) is 0 Å². The van der Waals surface area contributed by atoms with E-state index in [-0.39, 0.29) is 11.9 Å². The van der Waals surface area contributed by atoms with Crippen molar-refractivity contribution in [3.05, 3.63) is 23.0 Å². The number of hydrogen-bond donors (Lipinski definition) is 2. The van der Waals surface area contributed by atoms with E-state index in [2.05, 4.69) is 11.4 Å². The van der Waals surface area contributed by atoms with E-state index in [0.29, 0.717) is 18.7 Å². The summed E-state index contributed by atoms with van der Waals surface area (Å²) < 4.78 is 1.86. The molecule has 1 rings (SSSR count). The van der Waals surface area contributed by atoms with Gasteiger partial charge in [0.2, 0.25) is 5.91 Å². The van der Waals surface area contributed by atoms with E-state index in [0.717, 1.165) is 11.3 Å². The number of nitrogens with one attached hydrogen (secondary N) is 1. The van der Waals surface area contributed by atoms with Crippen LogP contribution in [0.2, 0.25) is 0 Å². The van der Waals surface area contributed by atoms with Crippen LogP contribution in [0, 0.1) is 18.3 Å². The minimum absolute atomic E-state index is 0.0395. The highest BCUT2D eigenvalue weighted by molar-refractivity contribution is 5.74. The molecule has 1 aromatic rings. The van der Waals surface area contributed by atoms with Crippen molar-refractivity contribution in [3.8, 4) is 6.07 Å². The predicted octanol–water partition coefficient (Wildman–Crippen LogP) is 0.559. The van der Waals surface area contributed by atoms with Crippen LogP contribution in [0.15, 0.2) is 6.07 Å². The van der Waals surface area contributed by atoms with Crippen LogP contribution in [0.1, 0.15) is 30.3 Å². The van der Waals surface area contributed by atoms with Crippen LogP contribution in [0.25, 0.3) is 0 Å². The fourth-order valence-corrected chi connectivity index (χ4v) is 1.71. The summed E-state index contributed by atoms with van der Waals surface area (Å²) in [5, 5.41) is 12.1. The molecule has 5 heteroatoms. The highest BCUT2D eigenvalue weighted by Crippen LogP contribution is 2.13. The monoisotopic (exact) mass is 234 g/mol. The maximum Gasteiger partial charge on any atom is 0.218 e. The molecule has 17 heavy (non-hydrogen) atoms.